The molecule has 106 valence electrons. The Hall–Kier alpha value is -1.40. The van der Waals surface area contributed by atoms with Gasteiger partial charge in [-0.1, -0.05) is 17.3 Å². The van der Waals surface area contributed by atoms with E-state index in [1.165, 1.54) is 0 Å². The van der Waals surface area contributed by atoms with Gasteiger partial charge in [0.2, 0.25) is 0 Å². The lowest BCUT2D eigenvalue weighted by Crippen LogP contribution is -2.44. The van der Waals surface area contributed by atoms with E-state index in [0.717, 1.165) is 29.5 Å². The van der Waals surface area contributed by atoms with Gasteiger partial charge in [-0.2, -0.15) is 4.98 Å². The van der Waals surface area contributed by atoms with Crippen LogP contribution in [0.25, 0.3) is 0 Å². The lowest BCUT2D eigenvalue weighted by molar-refractivity contribution is 0.173. The molecule has 1 aliphatic rings. The highest BCUT2D eigenvalue weighted by molar-refractivity contribution is 9.10. The number of hydrogen-bond acceptors (Lipinski definition) is 5. The monoisotopic (exact) mass is 337 g/mol. The summed E-state index contributed by atoms with van der Waals surface area (Å²) in [4.78, 5) is 4.39. The molecule has 0 spiro atoms. The van der Waals surface area contributed by atoms with E-state index >= 15 is 0 Å². The Bertz CT molecular complexity index is 610. The van der Waals surface area contributed by atoms with Crippen molar-refractivity contribution in [2.24, 2.45) is 5.73 Å². The van der Waals surface area contributed by atoms with Gasteiger partial charge in [0.15, 0.2) is 11.9 Å². The van der Waals surface area contributed by atoms with Gasteiger partial charge in [0, 0.05) is 0 Å². The highest BCUT2D eigenvalue weighted by Gasteiger charge is 2.39. The summed E-state index contributed by atoms with van der Waals surface area (Å²) in [5.41, 5.74) is 5.77. The Balaban J connectivity index is 1.75. The quantitative estimate of drug-likeness (QED) is 0.926. The van der Waals surface area contributed by atoms with Crippen LogP contribution in [0.4, 0.5) is 0 Å². The average Bonchev–Trinajstić information content (AvgIpc) is 2.88. The van der Waals surface area contributed by atoms with Crippen LogP contribution in [0.1, 0.15) is 44.0 Å². The minimum absolute atomic E-state index is 0.321. The first kappa shape index (κ1) is 13.6. The largest absolute Gasteiger partial charge is 0.480 e. The van der Waals surface area contributed by atoms with E-state index in [9.17, 15) is 0 Å². The van der Waals surface area contributed by atoms with Gasteiger partial charge < -0.3 is 15.0 Å². The second-order valence-electron chi connectivity index (χ2n) is 5.16. The SMILES string of the molecule is CC(Oc1ccccc1Br)c1nc(C2(N)CCC2)no1. The molecule has 0 bridgehead atoms. The molecule has 6 heteroatoms. The van der Waals surface area contributed by atoms with Crippen LogP contribution in [-0.2, 0) is 5.54 Å². The molecular formula is C14H16BrN3O2. The Morgan fingerprint density at radius 3 is 2.80 bits per heavy atom. The molecule has 1 aromatic heterocycles. The van der Waals surface area contributed by atoms with Gasteiger partial charge in [-0.15, -0.1) is 0 Å². The summed E-state index contributed by atoms with van der Waals surface area (Å²) < 4.78 is 12.0. The van der Waals surface area contributed by atoms with Crippen molar-refractivity contribution >= 4 is 15.9 Å². The average molecular weight is 338 g/mol. The number of halogens is 1. The van der Waals surface area contributed by atoms with Crippen LogP contribution >= 0.6 is 15.9 Å². The molecule has 3 rings (SSSR count). The minimum Gasteiger partial charge on any atom is -0.480 e. The predicted molar refractivity (Wildman–Crippen MR) is 77.2 cm³/mol. The Morgan fingerprint density at radius 2 is 2.15 bits per heavy atom. The number of nitrogens with zero attached hydrogens (tertiary/aromatic N) is 2. The molecule has 1 unspecified atom stereocenters. The predicted octanol–water partition coefficient (Wildman–Crippen LogP) is 3.31. The van der Waals surface area contributed by atoms with E-state index < -0.39 is 5.54 Å². The molecule has 2 N–H and O–H groups in total. The summed E-state index contributed by atoms with van der Waals surface area (Å²) in [6, 6.07) is 7.65. The number of hydrogen-bond donors (Lipinski definition) is 1. The summed E-state index contributed by atoms with van der Waals surface area (Å²) in [6.45, 7) is 1.88. The molecule has 1 heterocycles. The third-order valence-electron chi connectivity index (χ3n) is 3.62. The van der Waals surface area contributed by atoms with Crippen LogP contribution in [-0.4, -0.2) is 10.1 Å². The first-order valence-electron chi connectivity index (χ1n) is 6.63. The van der Waals surface area contributed by atoms with E-state index in [-0.39, 0.29) is 6.10 Å². The Labute approximate surface area is 125 Å². The molecule has 1 aliphatic carbocycles. The van der Waals surface area contributed by atoms with Crippen molar-refractivity contribution in [3.05, 3.63) is 40.5 Å². The van der Waals surface area contributed by atoms with E-state index in [0.29, 0.717) is 11.7 Å². The number of ether oxygens (including phenoxy) is 1. The van der Waals surface area contributed by atoms with Crippen molar-refractivity contribution in [1.82, 2.24) is 10.1 Å². The van der Waals surface area contributed by atoms with Gasteiger partial charge in [-0.3, -0.25) is 0 Å². The third-order valence-corrected chi connectivity index (χ3v) is 4.28. The summed E-state index contributed by atoms with van der Waals surface area (Å²) in [5.74, 6) is 1.78. The van der Waals surface area contributed by atoms with E-state index in [4.69, 9.17) is 15.0 Å². The van der Waals surface area contributed by atoms with E-state index in [1.807, 2.05) is 31.2 Å². The zero-order chi connectivity index (χ0) is 14.2. The summed E-state index contributed by atoms with van der Waals surface area (Å²) in [7, 11) is 0. The van der Waals surface area contributed by atoms with Gasteiger partial charge >= 0.3 is 0 Å². The van der Waals surface area contributed by atoms with Crippen molar-refractivity contribution in [3.8, 4) is 5.75 Å². The molecule has 0 aliphatic heterocycles. The maximum absolute atomic E-state index is 6.18. The number of rotatable bonds is 4. The van der Waals surface area contributed by atoms with Crippen LogP contribution in [0, 0.1) is 0 Å². The van der Waals surface area contributed by atoms with Crippen LogP contribution in [0.5, 0.6) is 5.75 Å². The fourth-order valence-electron chi connectivity index (χ4n) is 2.17. The lowest BCUT2D eigenvalue weighted by atomic mass is 9.77. The van der Waals surface area contributed by atoms with E-state index in [1.54, 1.807) is 0 Å². The topological polar surface area (TPSA) is 74.2 Å². The molecule has 0 amide bonds. The van der Waals surface area contributed by atoms with Crippen molar-refractivity contribution < 1.29 is 9.26 Å². The Kier molecular flexibility index (Phi) is 3.52. The molecule has 1 saturated carbocycles. The minimum atomic E-state index is -0.408. The van der Waals surface area contributed by atoms with Gasteiger partial charge in [0.05, 0.1) is 10.0 Å². The number of para-hydroxylation sites is 1. The molecule has 0 radical (unpaired) electrons. The molecule has 5 nitrogen and oxygen atoms in total. The smallest absolute Gasteiger partial charge is 0.267 e. The number of aromatic nitrogens is 2. The van der Waals surface area contributed by atoms with Gasteiger partial charge in [-0.05, 0) is 54.2 Å². The zero-order valence-electron chi connectivity index (χ0n) is 11.2. The van der Waals surface area contributed by atoms with Crippen molar-refractivity contribution in [2.45, 2.75) is 37.8 Å². The standard InChI is InChI=1S/C14H16BrN3O2/c1-9(19-11-6-3-2-5-10(11)15)12-17-13(18-20-12)14(16)7-4-8-14/h2-3,5-6,9H,4,7-8,16H2,1H3. The summed E-state index contributed by atoms with van der Waals surface area (Å²) in [6.07, 6.45) is 2.61. The first-order valence-corrected chi connectivity index (χ1v) is 7.42. The highest BCUT2D eigenvalue weighted by atomic mass is 79.9. The van der Waals surface area contributed by atoms with E-state index in [2.05, 4.69) is 26.1 Å². The summed E-state index contributed by atoms with van der Waals surface area (Å²) in [5, 5.41) is 3.99. The van der Waals surface area contributed by atoms with Crippen molar-refractivity contribution in [3.63, 3.8) is 0 Å². The zero-order valence-corrected chi connectivity index (χ0v) is 12.8. The van der Waals surface area contributed by atoms with Crippen molar-refractivity contribution in [2.75, 3.05) is 0 Å². The maximum Gasteiger partial charge on any atom is 0.267 e. The van der Waals surface area contributed by atoms with Crippen LogP contribution in [0.15, 0.2) is 33.3 Å². The Morgan fingerprint density at radius 1 is 1.40 bits per heavy atom. The molecule has 0 saturated heterocycles. The lowest BCUT2D eigenvalue weighted by Gasteiger charge is -2.34. The maximum atomic E-state index is 6.18. The second kappa shape index (κ2) is 5.18. The second-order valence-corrected chi connectivity index (χ2v) is 6.01. The first-order chi connectivity index (χ1) is 9.58. The fourth-order valence-corrected chi connectivity index (χ4v) is 2.54. The molecule has 2 aromatic rings. The molecule has 1 aromatic carbocycles. The van der Waals surface area contributed by atoms with Crippen LogP contribution in [0.3, 0.4) is 0 Å². The highest BCUT2D eigenvalue weighted by Crippen LogP contribution is 2.37. The number of nitrogens with two attached hydrogens (primary N) is 1. The van der Waals surface area contributed by atoms with Gasteiger partial charge in [0.25, 0.3) is 5.89 Å². The van der Waals surface area contributed by atoms with Gasteiger partial charge in [-0.25, -0.2) is 0 Å². The van der Waals surface area contributed by atoms with Crippen LogP contribution < -0.4 is 10.5 Å². The number of benzene rings is 1. The molecular weight excluding hydrogens is 322 g/mol. The fraction of sp³-hybridized carbons (Fsp3) is 0.429. The molecule has 1 atom stereocenters. The van der Waals surface area contributed by atoms with Crippen LogP contribution in [0.2, 0.25) is 0 Å². The summed E-state index contributed by atoms with van der Waals surface area (Å²) >= 11 is 3.44. The van der Waals surface area contributed by atoms with Gasteiger partial charge in [0.1, 0.15) is 5.75 Å². The normalized spacial score (nSPS) is 18.4. The molecule has 20 heavy (non-hydrogen) atoms. The molecule has 1 fully saturated rings. The van der Waals surface area contributed by atoms with Crippen molar-refractivity contribution in [1.29, 1.82) is 0 Å². The third kappa shape index (κ3) is 2.45.